The maximum absolute atomic E-state index is 13.1. The van der Waals surface area contributed by atoms with Gasteiger partial charge < -0.3 is 9.47 Å². The molecule has 0 unspecified atom stereocenters. The second kappa shape index (κ2) is 8.67. The average Bonchev–Trinajstić information content (AvgIpc) is 3.15. The van der Waals surface area contributed by atoms with Gasteiger partial charge in [0.2, 0.25) is 10.0 Å². The molecule has 5 nitrogen and oxygen atoms in total. The first kappa shape index (κ1) is 19.6. The number of ether oxygens (including phenoxy) is 2. The lowest BCUT2D eigenvalue weighted by molar-refractivity contribution is 0.210. The van der Waals surface area contributed by atoms with Crippen LogP contribution in [0.4, 0.5) is 8.78 Å². The number of sulfonamides is 1. The molecule has 0 atom stereocenters. The van der Waals surface area contributed by atoms with Gasteiger partial charge >= 0.3 is 0 Å². The van der Waals surface area contributed by atoms with Gasteiger partial charge in [-0.15, -0.1) is 0 Å². The maximum Gasteiger partial charge on any atom is 0.240 e. The number of halogens is 2. The van der Waals surface area contributed by atoms with Crippen molar-refractivity contribution >= 4 is 10.0 Å². The van der Waals surface area contributed by atoms with Gasteiger partial charge in [0, 0.05) is 12.6 Å². The van der Waals surface area contributed by atoms with E-state index in [-0.39, 0.29) is 29.9 Å². The van der Waals surface area contributed by atoms with Crippen LogP contribution < -0.4 is 14.2 Å². The highest BCUT2D eigenvalue weighted by molar-refractivity contribution is 7.89. The quantitative estimate of drug-likeness (QED) is 0.691. The van der Waals surface area contributed by atoms with Gasteiger partial charge in [0.05, 0.1) is 11.0 Å². The number of nitrogens with one attached hydrogen (secondary N) is 1. The second-order valence-electron chi connectivity index (χ2n) is 6.32. The molecule has 2 aromatic carbocycles. The monoisotopic (exact) mass is 397 g/mol. The van der Waals surface area contributed by atoms with Crippen LogP contribution in [0, 0.1) is 11.6 Å². The van der Waals surface area contributed by atoms with Gasteiger partial charge in [0.15, 0.2) is 11.6 Å². The zero-order valence-corrected chi connectivity index (χ0v) is 15.5. The average molecular weight is 397 g/mol. The van der Waals surface area contributed by atoms with Crippen molar-refractivity contribution in [2.45, 2.75) is 36.7 Å². The molecule has 8 heteroatoms. The molecule has 1 N–H and O–H groups in total. The Balaban J connectivity index is 1.49. The first-order chi connectivity index (χ1) is 12.9. The minimum Gasteiger partial charge on any atom is -0.492 e. The van der Waals surface area contributed by atoms with Crippen LogP contribution in [0.1, 0.15) is 25.7 Å². The van der Waals surface area contributed by atoms with Crippen molar-refractivity contribution < 1.29 is 26.7 Å². The van der Waals surface area contributed by atoms with E-state index in [1.165, 1.54) is 18.2 Å². The Kier molecular flexibility index (Phi) is 6.28. The summed E-state index contributed by atoms with van der Waals surface area (Å²) in [6.45, 7) is -0.0329. The lowest BCUT2D eigenvalue weighted by Crippen LogP contribution is -2.28. The van der Waals surface area contributed by atoms with Crippen LogP contribution in [0.25, 0.3) is 0 Å². The Bertz CT molecular complexity index is 866. The fourth-order valence-corrected chi connectivity index (χ4v) is 3.90. The van der Waals surface area contributed by atoms with Gasteiger partial charge in [0.1, 0.15) is 18.1 Å². The molecule has 0 heterocycles. The summed E-state index contributed by atoms with van der Waals surface area (Å²) in [7, 11) is -3.69. The van der Waals surface area contributed by atoms with Crippen LogP contribution >= 0.6 is 0 Å². The van der Waals surface area contributed by atoms with Crippen molar-refractivity contribution in [3.8, 4) is 11.5 Å². The van der Waals surface area contributed by atoms with Gasteiger partial charge in [-0.3, -0.25) is 0 Å². The van der Waals surface area contributed by atoms with E-state index in [2.05, 4.69) is 4.72 Å². The zero-order valence-electron chi connectivity index (χ0n) is 14.7. The lowest BCUT2D eigenvalue weighted by atomic mass is 10.3. The summed E-state index contributed by atoms with van der Waals surface area (Å²) in [6.07, 6.45) is 4.58. The second-order valence-corrected chi connectivity index (χ2v) is 8.08. The number of hydrogen-bond donors (Lipinski definition) is 1. The Hall–Kier alpha value is -2.19. The normalized spacial score (nSPS) is 15.0. The summed E-state index contributed by atoms with van der Waals surface area (Å²) in [5.74, 6) is -1.21. The lowest BCUT2D eigenvalue weighted by Gasteiger charge is -2.13. The first-order valence-corrected chi connectivity index (χ1v) is 10.3. The van der Waals surface area contributed by atoms with E-state index in [0.29, 0.717) is 5.75 Å². The van der Waals surface area contributed by atoms with Gasteiger partial charge in [-0.2, -0.15) is 0 Å². The van der Waals surface area contributed by atoms with Gasteiger partial charge in [-0.25, -0.2) is 21.9 Å². The van der Waals surface area contributed by atoms with E-state index in [1.807, 2.05) is 0 Å². The fraction of sp³-hybridized carbons (Fsp3) is 0.368. The highest BCUT2D eigenvalue weighted by Gasteiger charge is 2.18. The largest absolute Gasteiger partial charge is 0.492 e. The predicted molar refractivity (Wildman–Crippen MR) is 96.4 cm³/mol. The summed E-state index contributed by atoms with van der Waals surface area (Å²) >= 11 is 0. The Morgan fingerprint density at radius 2 is 1.63 bits per heavy atom. The molecule has 1 fully saturated rings. The fourth-order valence-electron chi connectivity index (χ4n) is 2.89. The molecule has 3 rings (SSSR count). The Labute approximate surface area is 157 Å². The van der Waals surface area contributed by atoms with E-state index in [0.717, 1.165) is 37.8 Å². The van der Waals surface area contributed by atoms with E-state index in [9.17, 15) is 17.2 Å². The third-order valence-corrected chi connectivity index (χ3v) is 5.77. The molecular weight excluding hydrogens is 376 g/mol. The molecule has 0 saturated heterocycles. The minimum absolute atomic E-state index is 0.0122. The number of hydrogen-bond acceptors (Lipinski definition) is 4. The molecule has 0 bridgehead atoms. The number of rotatable bonds is 8. The molecule has 2 aromatic rings. The third-order valence-electron chi connectivity index (χ3n) is 4.29. The Morgan fingerprint density at radius 3 is 2.30 bits per heavy atom. The van der Waals surface area contributed by atoms with Crippen LogP contribution in [0.15, 0.2) is 47.4 Å². The topological polar surface area (TPSA) is 64.6 Å². The van der Waals surface area contributed by atoms with Crippen molar-refractivity contribution in [3.63, 3.8) is 0 Å². The van der Waals surface area contributed by atoms with E-state index >= 15 is 0 Å². The molecule has 0 amide bonds. The van der Waals surface area contributed by atoms with Gasteiger partial charge in [-0.1, -0.05) is 0 Å². The summed E-state index contributed by atoms with van der Waals surface area (Å²) in [5.41, 5.74) is 0. The van der Waals surface area contributed by atoms with E-state index in [4.69, 9.17) is 9.47 Å². The maximum atomic E-state index is 13.1. The molecule has 1 aliphatic rings. The van der Waals surface area contributed by atoms with Gasteiger partial charge in [-0.05, 0) is 62.1 Å². The standard InChI is InChI=1S/C19H21F2NO4S/c20-18-10-7-16(13-19(18)21)25-12-11-22-27(23,24)17-8-5-15(6-9-17)26-14-3-1-2-4-14/h5-10,13-14,22H,1-4,11-12H2. The van der Waals surface area contributed by atoms with Crippen LogP contribution in [0.5, 0.6) is 11.5 Å². The Morgan fingerprint density at radius 1 is 0.963 bits per heavy atom. The van der Waals surface area contributed by atoms with Crippen LogP contribution in [0.3, 0.4) is 0 Å². The highest BCUT2D eigenvalue weighted by Crippen LogP contribution is 2.25. The summed E-state index contributed by atoms with van der Waals surface area (Å²) in [4.78, 5) is 0.120. The molecule has 27 heavy (non-hydrogen) atoms. The van der Waals surface area contributed by atoms with Crippen molar-refractivity contribution in [3.05, 3.63) is 54.1 Å². The highest BCUT2D eigenvalue weighted by atomic mass is 32.2. The smallest absolute Gasteiger partial charge is 0.240 e. The van der Waals surface area contributed by atoms with E-state index < -0.39 is 21.7 Å². The van der Waals surface area contributed by atoms with Gasteiger partial charge in [0.25, 0.3) is 0 Å². The molecule has 1 saturated carbocycles. The molecule has 0 spiro atoms. The van der Waals surface area contributed by atoms with Crippen molar-refractivity contribution in [1.29, 1.82) is 0 Å². The molecule has 1 aliphatic carbocycles. The van der Waals surface area contributed by atoms with Crippen molar-refractivity contribution in [1.82, 2.24) is 4.72 Å². The summed E-state index contributed by atoms with van der Waals surface area (Å²) < 4.78 is 63.9. The minimum atomic E-state index is -3.69. The SMILES string of the molecule is O=S(=O)(NCCOc1ccc(F)c(F)c1)c1ccc(OC2CCCC2)cc1. The molecule has 146 valence electrons. The zero-order chi connectivity index (χ0) is 19.3. The predicted octanol–water partition coefficient (Wildman–Crippen LogP) is 3.64. The molecule has 0 aromatic heterocycles. The summed E-state index contributed by atoms with van der Waals surface area (Å²) in [6, 6.07) is 9.40. The van der Waals surface area contributed by atoms with Crippen LogP contribution in [-0.4, -0.2) is 27.7 Å². The van der Waals surface area contributed by atoms with Crippen LogP contribution in [-0.2, 0) is 10.0 Å². The number of benzene rings is 2. The van der Waals surface area contributed by atoms with Crippen LogP contribution in [0.2, 0.25) is 0 Å². The van der Waals surface area contributed by atoms with Crippen molar-refractivity contribution in [2.24, 2.45) is 0 Å². The first-order valence-electron chi connectivity index (χ1n) is 8.78. The van der Waals surface area contributed by atoms with E-state index in [1.54, 1.807) is 12.1 Å². The van der Waals surface area contributed by atoms with Crippen molar-refractivity contribution in [2.75, 3.05) is 13.2 Å². The molecular formula is C19H21F2NO4S. The molecule has 0 aliphatic heterocycles. The third kappa shape index (κ3) is 5.40. The summed E-state index contributed by atoms with van der Waals surface area (Å²) in [5, 5.41) is 0. The molecule has 0 radical (unpaired) electrons.